The molecule has 1 aliphatic rings. The van der Waals surface area contributed by atoms with E-state index in [0.717, 1.165) is 31.6 Å². The third-order valence-corrected chi connectivity index (χ3v) is 4.09. The Bertz CT molecular complexity index is 410. The highest BCUT2D eigenvalue weighted by Gasteiger charge is 2.30. The maximum Gasteiger partial charge on any atom is 0.120 e. The molecule has 2 rings (SSSR count). The molecular formula is C15H25N3O. The summed E-state index contributed by atoms with van der Waals surface area (Å²) in [7, 11) is 2.14. The number of aromatic hydroxyl groups is 1. The number of phenols is 1. The Labute approximate surface area is 115 Å². The Kier molecular flexibility index (Phi) is 4.80. The van der Waals surface area contributed by atoms with Gasteiger partial charge in [0.2, 0.25) is 0 Å². The van der Waals surface area contributed by atoms with Gasteiger partial charge < -0.3 is 15.7 Å². The minimum Gasteiger partial charge on any atom is -0.508 e. The minimum absolute atomic E-state index is 0.253. The lowest BCUT2D eigenvalue weighted by atomic mass is 9.98. The zero-order valence-electron chi connectivity index (χ0n) is 11.9. The SMILES string of the molecule is CCC(c1ccccc1O)N1CCN(C)CC1CN. The Morgan fingerprint density at radius 3 is 2.74 bits per heavy atom. The number of para-hydroxylation sites is 1. The molecule has 0 saturated carbocycles. The number of likely N-dealkylation sites (N-methyl/N-ethyl adjacent to an activating group) is 1. The van der Waals surface area contributed by atoms with E-state index in [2.05, 4.69) is 23.8 Å². The molecule has 2 unspecified atom stereocenters. The molecule has 0 spiro atoms. The van der Waals surface area contributed by atoms with Crippen molar-refractivity contribution >= 4 is 0 Å². The first-order valence-corrected chi connectivity index (χ1v) is 7.09. The van der Waals surface area contributed by atoms with Gasteiger partial charge in [0.1, 0.15) is 5.75 Å². The third-order valence-electron chi connectivity index (χ3n) is 4.09. The molecule has 0 aliphatic carbocycles. The van der Waals surface area contributed by atoms with Crippen LogP contribution < -0.4 is 5.73 Å². The monoisotopic (exact) mass is 263 g/mol. The summed E-state index contributed by atoms with van der Waals surface area (Å²) in [4.78, 5) is 4.78. The van der Waals surface area contributed by atoms with Gasteiger partial charge in [-0.1, -0.05) is 25.1 Å². The van der Waals surface area contributed by atoms with E-state index in [4.69, 9.17) is 5.73 Å². The molecule has 1 heterocycles. The van der Waals surface area contributed by atoms with E-state index in [1.165, 1.54) is 0 Å². The molecule has 4 heteroatoms. The van der Waals surface area contributed by atoms with E-state index in [1.54, 1.807) is 6.07 Å². The molecule has 1 saturated heterocycles. The van der Waals surface area contributed by atoms with Crippen molar-refractivity contribution in [2.45, 2.75) is 25.4 Å². The van der Waals surface area contributed by atoms with Crippen LogP contribution in [0.5, 0.6) is 5.75 Å². The molecular weight excluding hydrogens is 238 g/mol. The largest absolute Gasteiger partial charge is 0.508 e. The van der Waals surface area contributed by atoms with Crippen molar-refractivity contribution in [1.82, 2.24) is 9.80 Å². The second-order valence-corrected chi connectivity index (χ2v) is 5.37. The fourth-order valence-electron chi connectivity index (χ4n) is 3.05. The predicted octanol–water partition coefficient (Wildman–Crippen LogP) is 1.42. The quantitative estimate of drug-likeness (QED) is 0.862. The zero-order valence-corrected chi connectivity index (χ0v) is 11.9. The average Bonchev–Trinajstić information content (AvgIpc) is 2.43. The van der Waals surface area contributed by atoms with Crippen molar-refractivity contribution in [1.29, 1.82) is 0 Å². The summed E-state index contributed by atoms with van der Waals surface area (Å²) in [6.07, 6.45) is 0.984. The summed E-state index contributed by atoms with van der Waals surface area (Å²) in [6.45, 7) is 5.89. The van der Waals surface area contributed by atoms with Crippen LogP contribution in [0.2, 0.25) is 0 Å². The lowest BCUT2D eigenvalue weighted by Crippen LogP contribution is -2.55. The van der Waals surface area contributed by atoms with Crippen LogP contribution in [0.25, 0.3) is 0 Å². The number of hydrogen-bond donors (Lipinski definition) is 2. The van der Waals surface area contributed by atoms with Gasteiger partial charge in [0.05, 0.1) is 0 Å². The molecule has 0 radical (unpaired) electrons. The van der Waals surface area contributed by atoms with Crippen molar-refractivity contribution in [3.63, 3.8) is 0 Å². The molecule has 1 aromatic carbocycles. The maximum atomic E-state index is 10.1. The molecule has 3 N–H and O–H groups in total. The highest BCUT2D eigenvalue weighted by molar-refractivity contribution is 5.34. The lowest BCUT2D eigenvalue weighted by molar-refractivity contribution is 0.0529. The molecule has 106 valence electrons. The fraction of sp³-hybridized carbons (Fsp3) is 0.600. The van der Waals surface area contributed by atoms with Crippen LogP contribution in [0.4, 0.5) is 0 Å². The first-order chi connectivity index (χ1) is 9.17. The number of piperazine rings is 1. The Morgan fingerprint density at radius 2 is 2.11 bits per heavy atom. The van der Waals surface area contributed by atoms with Gasteiger partial charge in [-0.2, -0.15) is 0 Å². The first kappa shape index (κ1) is 14.3. The van der Waals surface area contributed by atoms with Gasteiger partial charge in [-0.3, -0.25) is 4.90 Å². The van der Waals surface area contributed by atoms with Crippen molar-refractivity contribution in [2.75, 3.05) is 33.2 Å². The molecule has 0 aromatic heterocycles. The van der Waals surface area contributed by atoms with Crippen LogP contribution in [-0.2, 0) is 0 Å². The molecule has 2 atom stereocenters. The molecule has 0 bridgehead atoms. The van der Waals surface area contributed by atoms with Gasteiger partial charge in [0.25, 0.3) is 0 Å². The summed E-state index contributed by atoms with van der Waals surface area (Å²) in [5, 5.41) is 10.1. The van der Waals surface area contributed by atoms with Crippen LogP contribution in [0.3, 0.4) is 0 Å². The molecule has 1 fully saturated rings. The summed E-state index contributed by atoms with van der Waals surface area (Å²) in [6, 6.07) is 8.27. The second kappa shape index (κ2) is 6.37. The number of benzene rings is 1. The van der Waals surface area contributed by atoms with E-state index in [-0.39, 0.29) is 6.04 Å². The fourth-order valence-corrected chi connectivity index (χ4v) is 3.05. The normalized spacial score (nSPS) is 23.4. The summed E-state index contributed by atoms with van der Waals surface area (Å²) in [5.41, 5.74) is 6.95. The van der Waals surface area contributed by atoms with Gasteiger partial charge in [0, 0.05) is 43.8 Å². The summed E-state index contributed by atoms with van der Waals surface area (Å²) in [5.74, 6) is 0.393. The highest BCUT2D eigenvalue weighted by Crippen LogP contribution is 2.33. The average molecular weight is 263 g/mol. The van der Waals surface area contributed by atoms with E-state index >= 15 is 0 Å². The first-order valence-electron chi connectivity index (χ1n) is 7.09. The van der Waals surface area contributed by atoms with Crippen LogP contribution in [0.1, 0.15) is 24.9 Å². The van der Waals surface area contributed by atoms with Crippen LogP contribution in [-0.4, -0.2) is 54.2 Å². The van der Waals surface area contributed by atoms with E-state index in [9.17, 15) is 5.11 Å². The Morgan fingerprint density at radius 1 is 1.37 bits per heavy atom. The maximum absolute atomic E-state index is 10.1. The predicted molar refractivity (Wildman–Crippen MR) is 78.2 cm³/mol. The molecule has 1 aromatic rings. The standard InChI is InChI=1S/C15H25N3O/c1-3-14(13-6-4-5-7-15(13)19)18-9-8-17(2)11-12(18)10-16/h4-7,12,14,19H,3,8-11,16H2,1-2H3. The molecule has 19 heavy (non-hydrogen) atoms. The van der Waals surface area contributed by atoms with Crippen LogP contribution >= 0.6 is 0 Å². The van der Waals surface area contributed by atoms with Crippen molar-refractivity contribution in [2.24, 2.45) is 5.73 Å². The van der Waals surface area contributed by atoms with Crippen LogP contribution in [0.15, 0.2) is 24.3 Å². The third kappa shape index (κ3) is 3.08. The number of nitrogens with two attached hydrogens (primary N) is 1. The molecule has 0 amide bonds. The number of nitrogens with zero attached hydrogens (tertiary/aromatic N) is 2. The smallest absolute Gasteiger partial charge is 0.120 e. The van der Waals surface area contributed by atoms with Gasteiger partial charge in [-0.15, -0.1) is 0 Å². The van der Waals surface area contributed by atoms with E-state index in [0.29, 0.717) is 18.3 Å². The summed E-state index contributed by atoms with van der Waals surface area (Å²) < 4.78 is 0. The number of rotatable bonds is 4. The Balaban J connectivity index is 2.23. The molecule has 1 aliphatic heterocycles. The second-order valence-electron chi connectivity index (χ2n) is 5.37. The minimum atomic E-state index is 0.253. The van der Waals surface area contributed by atoms with Crippen molar-refractivity contribution in [3.05, 3.63) is 29.8 Å². The highest BCUT2D eigenvalue weighted by atomic mass is 16.3. The zero-order chi connectivity index (χ0) is 13.8. The number of phenolic OH excluding ortho intramolecular Hbond substituents is 1. The van der Waals surface area contributed by atoms with E-state index < -0.39 is 0 Å². The topological polar surface area (TPSA) is 52.7 Å². The van der Waals surface area contributed by atoms with Gasteiger partial charge in [-0.05, 0) is 19.5 Å². The van der Waals surface area contributed by atoms with Crippen molar-refractivity contribution < 1.29 is 5.11 Å². The van der Waals surface area contributed by atoms with E-state index in [1.807, 2.05) is 18.2 Å². The van der Waals surface area contributed by atoms with Gasteiger partial charge in [-0.25, -0.2) is 0 Å². The molecule has 4 nitrogen and oxygen atoms in total. The Hall–Kier alpha value is -1.10. The van der Waals surface area contributed by atoms with Gasteiger partial charge >= 0.3 is 0 Å². The number of hydrogen-bond acceptors (Lipinski definition) is 4. The lowest BCUT2D eigenvalue weighted by Gasteiger charge is -2.44. The van der Waals surface area contributed by atoms with Gasteiger partial charge in [0.15, 0.2) is 0 Å². The van der Waals surface area contributed by atoms with Crippen LogP contribution in [0, 0.1) is 0 Å². The summed E-state index contributed by atoms with van der Waals surface area (Å²) >= 11 is 0. The van der Waals surface area contributed by atoms with Crippen molar-refractivity contribution in [3.8, 4) is 5.75 Å².